The van der Waals surface area contributed by atoms with Crippen LogP contribution < -0.4 is 10.2 Å². The minimum atomic E-state index is 0.482. The highest BCUT2D eigenvalue weighted by molar-refractivity contribution is 5.52. The molecule has 0 atom stereocenters. The third kappa shape index (κ3) is 4.57. The smallest absolute Gasteiger partial charge is 0.0601 e. The second-order valence-corrected chi connectivity index (χ2v) is 5.54. The zero-order chi connectivity index (χ0) is 15.1. The lowest BCUT2D eigenvalue weighted by Gasteiger charge is -2.26. The summed E-state index contributed by atoms with van der Waals surface area (Å²) in [6.07, 6.45) is 3.85. The zero-order valence-electron chi connectivity index (χ0n) is 13.2. The second kappa shape index (κ2) is 7.79. The molecule has 3 nitrogen and oxygen atoms in total. The highest BCUT2D eigenvalue weighted by atomic mass is 15.1. The van der Waals surface area contributed by atoms with Crippen molar-refractivity contribution in [2.24, 2.45) is 0 Å². The maximum Gasteiger partial charge on any atom is 0.0601 e. The number of nitrogens with one attached hydrogen (secondary N) is 1. The van der Waals surface area contributed by atoms with Crippen molar-refractivity contribution in [3.8, 4) is 0 Å². The van der Waals surface area contributed by atoms with E-state index in [0.717, 1.165) is 19.6 Å². The van der Waals surface area contributed by atoms with Crippen molar-refractivity contribution >= 4 is 5.69 Å². The van der Waals surface area contributed by atoms with E-state index in [-0.39, 0.29) is 0 Å². The average molecular weight is 283 g/mol. The van der Waals surface area contributed by atoms with E-state index in [2.05, 4.69) is 72.4 Å². The maximum absolute atomic E-state index is 4.31. The monoisotopic (exact) mass is 283 g/mol. The van der Waals surface area contributed by atoms with Gasteiger partial charge in [0.15, 0.2) is 0 Å². The first-order chi connectivity index (χ1) is 10.2. The number of rotatable bonds is 7. The third-order valence-electron chi connectivity index (χ3n) is 3.53. The Morgan fingerprint density at radius 1 is 1.14 bits per heavy atom. The summed E-state index contributed by atoms with van der Waals surface area (Å²) >= 11 is 0. The number of hydrogen-bond acceptors (Lipinski definition) is 3. The number of nitrogens with zero attached hydrogens (tertiary/aromatic N) is 2. The molecule has 21 heavy (non-hydrogen) atoms. The largest absolute Gasteiger partial charge is 0.366 e. The summed E-state index contributed by atoms with van der Waals surface area (Å²) in [5.41, 5.74) is 3.85. The number of benzene rings is 1. The number of hydrogen-bond donors (Lipinski definition) is 1. The van der Waals surface area contributed by atoms with Gasteiger partial charge in [-0.25, -0.2) is 0 Å². The summed E-state index contributed by atoms with van der Waals surface area (Å²) in [5, 5.41) is 3.49. The Hall–Kier alpha value is -1.87. The van der Waals surface area contributed by atoms with Crippen LogP contribution in [0.15, 0.2) is 48.8 Å². The van der Waals surface area contributed by atoms with Gasteiger partial charge in [0.05, 0.1) is 11.9 Å². The molecule has 2 aromatic rings. The van der Waals surface area contributed by atoms with Gasteiger partial charge in [-0.3, -0.25) is 4.98 Å². The highest BCUT2D eigenvalue weighted by Crippen LogP contribution is 2.21. The Morgan fingerprint density at radius 3 is 2.57 bits per heavy atom. The Bertz CT molecular complexity index is 537. The normalized spacial score (nSPS) is 10.9. The first kappa shape index (κ1) is 15.5. The van der Waals surface area contributed by atoms with Crippen molar-refractivity contribution in [2.75, 3.05) is 11.4 Å². The molecule has 0 spiro atoms. The lowest BCUT2D eigenvalue weighted by atomic mass is 10.1. The Balaban J connectivity index is 2.17. The van der Waals surface area contributed by atoms with Gasteiger partial charge in [0.1, 0.15) is 0 Å². The summed E-state index contributed by atoms with van der Waals surface area (Å²) in [6, 6.07) is 13.2. The van der Waals surface area contributed by atoms with E-state index in [4.69, 9.17) is 0 Å². The van der Waals surface area contributed by atoms with E-state index in [1.807, 2.05) is 12.4 Å². The molecule has 0 saturated heterocycles. The fourth-order valence-corrected chi connectivity index (χ4v) is 2.33. The maximum atomic E-state index is 4.31. The van der Waals surface area contributed by atoms with Gasteiger partial charge in [-0.1, -0.05) is 44.2 Å². The molecule has 0 aliphatic rings. The molecule has 0 fully saturated rings. The fourth-order valence-electron chi connectivity index (χ4n) is 2.33. The molecule has 0 saturated carbocycles. The fraction of sp³-hybridized carbons (Fsp3) is 0.389. The number of pyridine rings is 1. The minimum Gasteiger partial charge on any atom is -0.366 e. The molecule has 2 rings (SSSR count). The second-order valence-electron chi connectivity index (χ2n) is 5.54. The van der Waals surface area contributed by atoms with Crippen LogP contribution in [0, 0.1) is 0 Å². The van der Waals surface area contributed by atoms with Gasteiger partial charge in [0.25, 0.3) is 0 Å². The summed E-state index contributed by atoms with van der Waals surface area (Å²) in [6.45, 7) is 9.29. The first-order valence-corrected chi connectivity index (χ1v) is 7.65. The van der Waals surface area contributed by atoms with Gasteiger partial charge in [-0.15, -0.1) is 0 Å². The zero-order valence-corrected chi connectivity index (χ0v) is 13.2. The van der Waals surface area contributed by atoms with Crippen molar-refractivity contribution in [2.45, 2.75) is 39.9 Å². The molecule has 112 valence electrons. The molecular formula is C18H25N3. The average Bonchev–Trinajstić information content (AvgIpc) is 2.52. The quantitative estimate of drug-likeness (QED) is 0.841. The lowest BCUT2D eigenvalue weighted by molar-refractivity contribution is 0.587. The summed E-state index contributed by atoms with van der Waals surface area (Å²) in [7, 11) is 0. The van der Waals surface area contributed by atoms with Gasteiger partial charge in [-0.2, -0.15) is 0 Å². The van der Waals surface area contributed by atoms with Crippen LogP contribution in [-0.2, 0) is 13.1 Å². The Labute approximate surface area is 128 Å². The van der Waals surface area contributed by atoms with E-state index < -0.39 is 0 Å². The minimum absolute atomic E-state index is 0.482. The first-order valence-electron chi connectivity index (χ1n) is 7.65. The van der Waals surface area contributed by atoms with Crippen LogP contribution in [-0.4, -0.2) is 17.6 Å². The van der Waals surface area contributed by atoms with Crippen LogP contribution in [0.25, 0.3) is 0 Å². The molecule has 3 heteroatoms. The molecule has 0 aliphatic heterocycles. The van der Waals surface area contributed by atoms with Crippen LogP contribution in [0.2, 0.25) is 0 Å². The Kier molecular flexibility index (Phi) is 5.76. The molecule has 1 N–H and O–H groups in total. The molecular weight excluding hydrogens is 258 g/mol. The van der Waals surface area contributed by atoms with E-state index in [1.165, 1.54) is 16.8 Å². The molecule has 0 bridgehead atoms. The van der Waals surface area contributed by atoms with Crippen LogP contribution in [0.1, 0.15) is 31.9 Å². The molecule has 1 aromatic carbocycles. The van der Waals surface area contributed by atoms with Crippen molar-refractivity contribution in [1.29, 1.82) is 0 Å². The molecule has 0 aliphatic carbocycles. The van der Waals surface area contributed by atoms with E-state index >= 15 is 0 Å². The topological polar surface area (TPSA) is 28.2 Å². The van der Waals surface area contributed by atoms with Gasteiger partial charge in [-0.05, 0) is 24.1 Å². The van der Waals surface area contributed by atoms with E-state index in [0.29, 0.717) is 6.04 Å². The van der Waals surface area contributed by atoms with Gasteiger partial charge >= 0.3 is 0 Å². The van der Waals surface area contributed by atoms with Crippen molar-refractivity contribution < 1.29 is 0 Å². The number of anilines is 1. The predicted octanol–water partition coefficient (Wildman–Crippen LogP) is 3.61. The van der Waals surface area contributed by atoms with Crippen LogP contribution >= 0.6 is 0 Å². The lowest BCUT2D eigenvalue weighted by Crippen LogP contribution is -2.27. The molecule has 0 unspecified atom stereocenters. The van der Waals surface area contributed by atoms with Crippen LogP contribution in [0.5, 0.6) is 0 Å². The van der Waals surface area contributed by atoms with Crippen LogP contribution in [0.4, 0.5) is 5.69 Å². The molecule has 1 heterocycles. The van der Waals surface area contributed by atoms with Gasteiger partial charge in [0.2, 0.25) is 0 Å². The summed E-state index contributed by atoms with van der Waals surface area (Å²) < 4.78 is 0. The van der Waals surface area contributed by atoms with Crippen molar-refractivity contribution in [1.82, 2.24) is 10.3 Å². The molecule has 1 aromatic heterocycles. The SMILES string of the molecule is CCN(Cc1ccccc1)c1cnccc1CNC(C)C. The van der Waals surface area contributed by atoms with Crippen LogP contribution in [0.3, 0.4) is 0 Å². The van der Waals surface area contributed by atoms with Crippen molar-refractivity contribution in [3.63, 3.8) is 0 Å². The summed E-state index contributed by atoms with van der Waals surface area (Å²) in [5.74, 6) is 0. The standard InChI is InChI=1S/C18H25N3/c1-4-21(14-16-8-6-5-7-9-16)18-13-19-11-10-17(18)12-20-15(2)3/h5-11,13,15,20H,4,12,14H2,1-3H3. The Morgan fingerprint density at radius 2 is 1.90 bits per heavy atom. The van der Waals surface area contributed by atoms with Gasteiger partial charge < -0.3 is 10.2 Å². The third-order valence-corrected chi connectivity index (χ3v) is 3.53. The highest BCUT2D eigenvalue weighted by Gasteiger charge is 2.10. The van der Waals surface area contributed by atoms with Gasteiger partial charge in [0, 0.05) is 31.9 Å². The summed E-state index contributed by atoms with van der Waals surface area (Å²) in [4.78, 5) is 6.69. The molecule has 0 amide bonds. The van der Waals surface area contributed by atoms with E-state index in [9.17, 15) is 0 Å². The van der Waals surface area contributed by atoms with Crippen molar-refractivity contribution in [3.05, 3.63) is 59.9 Å². The predicted molar refractivity (Wildman–Crippen MR) is 89.4 cm³/mol. The van der Waals surface area contributed by atoms with E-state index in [1.54, 1.807) is 0 Å². The number of aromatic nitrogens is 1. The molecule has 0 radical (unpaired) electrons.